The molecule has 3 heteroatoms. The number of hydrogen-bond donors (Lipinski definition) is 1. The van der Waals surface area contributed by atoms with E-state index in [1.54, 1.807) is 7.11 Å². The molecule has 0 aliphatic carbocycles. The van der Waals surface area contributed by atoms with E-state index in [-0.39, 0.29) is 0 Å². The van der Waals surface area contributed by atoms with Crippen molar-refractivity contribution in [2.45, 2.75) is 39.2 Å². The third-order valence-electron chi connectivity index (χ3n) is 2.84. The normalized spacial score (nSPS) is 12.5. The van der Waals surface area contributed by atoms with E-state index in [0.717, 1.165) is 23.2 Å². The molecule has 0 spiro atoms. The van der Waals surface area contributed by atoms with Gasteiger partial charge in [0.25, 0.3) is 0 Å². The monoisotopic (exact) mass is 299 g/mol. The standard InChI is InChI=1S/C14H22BrNO/c1-4-6-13(16-5-2)10-11-9-12(15)7-8-14(11)17-3/h7-9,13,16H,4-6,10H2,1-3H3. The van der Waals surface area contributed by atoms with E-state index >= 15 is 0 Å². The molecule has 0 amide bonds. The maximum absolute atomic E-state index is 5.41. The van der Waals surface area contributed by atoms with Crippen molar-refractivity contribution in [3.8, 4) is 5.75 Å². The largest absolute Gasteiger partial charge is 0.496 e. The van der Waals surface area contributed by atoms with Crippen LogP contribution in [-0.2, 0) is 6.42 Å². The lowest BCUT2D eigenvalue weighted by Crippen LogP contribution is -2.30. The highest BCUT2D eigenvalue weighted by Crippen LogP contribution is 2.24. The first-order valence-electron chi connectivity index (χ1n) is 6.27. The third-order valence-corrected chi connectivity index (χ3v) is 3.33. The van der Waals surface area contributed by atoms with E-state index in [1.165, 1.54) is 18.4 Å². The first kappa shape index (κ1) is 14.5. The summed E-state index contributed by atoms with van der Waals surface area (Å²) in [7, 11) is 1.73. The highest BCUT2D eigenvalue weighted by atomic mass is 79.9. The maximum Gasteiger partial charge on any atom is 0.122 e. The van der Waals surface area contributed by atoms with E-state index in [2.05, 4.69) is 41.2 Å². The van der Waals surface area contributed by atoms with Gasteiger partial charge < -0.3 is 10.1 Å². The molecule has 0 saturated heterocycles. The molecular formula is C14H22BrNO. The molecule has 0 fully saturated rings. The number of halogens is 1. The van der Waals surface area contributed by atoms with Gasteiger partial charge in [0.1, 0.15) is 5.75 Å². The molecule has 1 rings (SSSR count). The van der Waals surface area contributed by atoms with Crippen LogP contribution in [0.15, 0.2) is 22.7 Å². The Morgan fingerprint density at radius 1 is 1.35 bits per heavy atom. The summed E-state index contributed by atoms with van der Waals surface area (Å²) in [6, 6.07) is 6.73. The van der Waals surface area contributed by atoms with Gasteiger partial charge in [0, 0.05) is 10.5 Å². The molecule has 0 bridgehead atoms. The minimum Gasteiger partial charge on any atom is -0.496 e. The van der Waals surface area contributed by atoms with Gasteiger partial charge in [-0.2, -0.15) is 0 Å². The predicted octanol–water partition coefficient (Wildman–Crippen LogP) is 3.78. The summed E-state index contributed by atoms with van der Waals surface area (Å²) in [5, 5.41) is 3.53. The van der Waals surface area contributed by atoms with Gasteiger partial charge in [0.2, 0.25) is 0 Å². The Labute approximate surface area is 113 Å². The molecule has 0 radical (unpaired) electrons. The Morgan fingerprint density at radius 3 is 2.71 bits per heavy atom. The average Bonchev–Trinajstić information content (AvgIpc) is 2.30. The first-order valence-corrected chi connectivity index (χ1v) is 7.06. The van der Waals surface area contributed by atoms with Crippen LogP contribution in [0.1, 0.15) is 32.3 Å². The van der Waals surface area contributed by atoms with Crippen molar-refractivity contribution in [1.82, 2.24) is 5.32 Å². The van der Waals surface area contributed by atoms with Gasteiger partial charge in [0.15, 0.2) is 0 Å². The number of hydrogen-bond acceptors (Lipinski definition) is 2. The lowest BCUT2D eigenvalue weighted by Gasteiger charge is -2.18. The Morgan fingerprint density at radius 2 is 2.12 bits per heavy atom. The minimum absolute atomic E-state index is 0.535. The number of nitrogens with one attached hydrogen (secondary N) is 1. The minimum atomic E-state index is 0.535. The van der Waals surface area contributed by atoms with Crippen molar-refractivity contribution in [3.63, 3.8) is 0 Å². The highest BCUT2D eigenvalue weighted by Gasteiger charge is 2.11. The van der Waals surface area contributed by atoms with Gasteiger partial charge >= 0.3 is 0 Å². The van der Waals surface area contributed by atoms with Crippen molar-refractivity contribution in [3.05, 3.63) is 28.2 Å². The molecular weight excluding hydrogens is 278 g/mol. The molecule has 1 aromatic rings. The van der Waals surface area contributed by atoms with Crippen LogP contribution in [-0.4, -0.2) is 19.7 Å². The van der Waals surface area contributed by atoms with Crippen LogP contribution in [0.3, 0.4) is 0 Å². The van der Waals surface area contributed by atoms with Gasteiger partial charge in [0.05, 0.1) is 7.11 Å². The maximum atomic E-state index is 5.41. The summed E-state index contributed by atoms with van der Waals surface area (Å²) < 4.78 is 6.52. The Bertz CT molecular complexity index is 335. The number of rotatable bonds is 7. The summed E-state index contributed by atoms with van der Waals surface area (Å²) in [6.45, 7) is 5.39. The van der Waals surface area contributed by atoms with Gasteiger partial charge in [-0.1, -0.05) is 36.2 Å². The second-order valence-corrected chi connectivity index (χ2v) is 5.12. The van der Waals surface area contributed by atoms with Crippen molar-refractivity contribution >= 4 is 15.9 Å². The second-order valence-electron chi connectivity index (χ2n) is 4.20. The van der Waals surface area contributed by atoms with E-state index in [0.29, 0.717) is 6.04 Å². The SMILES string of the molecule is CCCC(Cc1cc(Br)ccc1OC)NCC. The van der Waals surface area contributed by atoms with E-state index in [1.807, 2.05) is 12.1 Å². The molecule has 96 valence electrons. The fourth-order valence-electron chi connectivity index (χ4n) is 2.09. The van der Waals surface area contributed by atoms with Crippen LogP contribution in [0.25, 0.3) is 0 Å². The van der Waals surface area contributed by atoms with Crippen LogP contribution < -0.4 is 10.1 Å². The molecule has 1 unspecified atom stereocenters. The molecule has 1 atom stereocenters. The molecule has 1 aromatic carbocycles. The third kappa shape index (κ3) is 4.68. The van der Waals surface area contributed by atoms with Gasteiger partial charge in [-0.05, 0) is 43.1 Å². The van der Waals surface area contributed by atoms with Crippen LogP contribution in [0.5, 0.6) is 5.75 Å². The van der Waals surface area contributed by atoms with Gasteiger partial charge in [-0.25, -0.2) is 0 Å². The zero-order valence-electron chi connectivity index (χ0n) is 10.9. The summed E-state index contributed by atoms with van der Waals surface area (Å²) in [5.41, 5.74) is 1.27. The van der Waals surface area contributed by atoms with Crippen molar-refractivity contribution < 1.29 is 4.74 Å². The Hall–Kier alpha value is -0.540. The van der Waals surface area contributed by atoms with Crippen LogP contribution in [0, 0.1) is 0 Å². The smallest absolute Gasteiger partial charge is 0.122 e. The van der Waals surface area contributed by atoms with Crippen LogP contribution in [0.2, 0.25) is 0 Å². The lowest BCUT2D eigenvalue weighted by molar-refractivity contribution is 0.402. The Balaban J connectivity index is 2.79. The highest BCUT2D eigenvalue weighted by molar-refractivity contribution is 9.10. The fourth-order valence-corrected chi connectivity index (χ4v) is 2.49. The molecule has 2 nitrogen and oxygen atoms in total. The summed E-state index contributed by atoms with van der Waals surface area (Å²) in [6.07, 6.45) is 3.42. The first-order chi connectivity index (χ1) is 8.21. The predicted molar refractivity (Wildman–Crippen MR) is 76.8 cm³/mol. The molecule has 0 aliphatic rings. The molecule has 17 heavy (non-hydrogen) atoms. The topological polar surface area (TPSA) is 21.3 Å². The Kier molecular flexibility index (Phi) is 6.60. The van der Waals surface area contributed by atoms with Crippen molar-refractivity contribution in [2.24, 2.45) is 0 Å². The summed E-state index contributed by atoms with van der Waals surface area (Å²) >= 11 is 3.52. The number of likely N-dealkylation sites (N-methyl/N-ethyl adjacent to an activating group) is 1. The van der Waals surface area contributed by atoms with E-state index < -0.39 is 0 Å². The molecule has 0 saturated carbocycles. The fraction of sp³-hybridized carbons (Fsp3) is 0.571. The molecule has 0 aromatic heterocycles. The van der Waals surface area contributed by atoms with E-state index in [9.17, 15) is 0 Å². The lowest BCUT2D eigenvalue weighted by atomic mass is 10.0. The average molecular weight is 300 g/mol. The number of methoxy groups -OCH3 is 1. The van der Waals surface area contributed by atoms with Crippen LogP contribution >= 0.6 is 15.9 Å². The number of benzene rings is 1. The van der Waals surface area contributed by atoms with Crippen molar-refractivity contribution in [2.75, 3.05) is 13.7 Å². The van der Waals surface area contributed by atoms with E-state index in [4.69, 9.17) is 4.74 Å². The second kappa shape index (κ2) is 7.72. The number of ether oxygens (including phenoxy) is 1. The zero-order chi connectivity index (χ0) is 12.7. The zero-order valence-corrected chi connectivity index (χ0v) is 12.5. The van der Waals surface area contributed by atoms with Crippen molar-refractivity contribution in [1.29, 1.82) is 0 Å². The van der Waals surface area contributed by atoms with Gasteiger partial charge in [-0.15, -0.1) is 0 Å². The summed E-state index contributed by atoms with van der Waals surface area (Å²) in [5.74, 6) is 0.979. The molecule has 0 aliphatic heterocycles. The quantitative estimate of drug-likeness (QED) is 0.827. The molecule has 0 heterocycles. The molecule has 1 N–H and O–H groups in total. The summed E-state index contributed by atoms with van der Waals surface area (Å²) in [4.78, 5) is 0. The van der Waals surface area contributed by atoms with Crippen LogP contribution in [0.4, 0.5) is 0 Å². The van der Waals surface area contributed by atoms with Gasteiger partial charge in [-0.3, -0.25) is 0 Å².